The molecule has 3 rings (SSSR count). The normalized spacial score (nSPS) is 11.1. The van der Waals surface area contributed by atoms with Crippen molar-refractivity contribution in [2.45, 2.75) is 45.5 Å². The molecule has 176 valence electrons. The van der Waals surface area contributed by atoms with Crippen molar-refractivity contribution < 1.29 is 22.7 Å². The Morgan fingerprint density at radius 3 is 2.48 bits per heavy atom. The smallest absolute Gasteiger partial charge is 0.234 e. The van der Waals surface area contributed by atoms with Gasteiger partial charge in [0, 0.05) is 6.54 Å². The van der Waals surface area contributed by atoms with E-state index in [0.29, 0.717) is 23.3 Å². The van der Waals surface area contributed by atoms with E-state index in [0.717, 1.165) is 30.3 Å². The van der Waals surface area contributed by atoms with E-state index in [4.69, 9.17) is 4.74 Å². The summed E-state index contributed by atoms with van der Waals surface area (Å²) < 4.78 is 47.9. The Morgan fingerprint density at radius 2 is 1.82 bits per heavy atom. The summed E-state index contributed by atoms with van der Waals surface area (Å²) in [7, 11) is 0. The zero-order chi connectivity index (χ0) is 24.0. The molecule has 0 unspecified atom stereocenters. The van der Waals surface area contributed by atoms with Crippen molar-refractivity contribution in [1.82, 2.24) is 14.8 Å². The molecule has 1 amide bonds. The highest BCUT2D eigenvalue weighted by atomic mass is 32.2. The second-order valence-corrected chi connectivity index (χ2v) is 8.69. The maximum atomic E-state index is 13.8. The first kappa shape index (κ1) is 24.6. The van der Waals surface area contributed by atoms with Gasteiger partial charge in [0.1, 0.15) is 12.4 Å². The van der Waals surface area contributed by atoms with Gasteiger partial charge in [0.15, 0.2) is 28.4 Å². The Bertz CT molecular complexity index is 1100. The van der Waals surface area contributed by atoms with E-state index in [-0.39, 0.29) is 18.3 Å². The molecule has 6 nitrogen and oxygen atoms in total. The number of rotatable bonds is 10. The van der Waals surface area contributed by atoms with Gasteiger partial charge in [-0.05, 0) is 42.2 Å². The molecule has 0 saturated carbocycles. The second kappa shape index (κ2) is 11.2. The lowest BCUT2D eigenvalue weighted by Crippen LogP contribution is -2.17. The fourth-order valence-electron chi connectivity index (χ4n) is 2.99. The first-order valence-corrected chi connectivity index (χ1v) is 11.5. The number of hydrogen-bond donors (Lipinski definition) is 1. The van der Waals surface area contributed by atoms with Gasteiger partial charge in [0.2, 0.25) is 5.91 Å². The topological polar surface area (TPSA) is 69.0 Å². The number of anilines is 1. The number of hydrogen-bond acceptors (Lipinski definition) is 5. The number of thioether (sulfide) groups is 1. The lowest BCUT2D eigenvalue weighted by atomic mass is 10.2. The molecule has 33 heavy (non-hydrogen) atoms. The minimum absolute atomic E-state index is 0.117. The predicted octanol–water partition coefficient (Wildman–Crippen LogP) is 5.22. The molecular formula is C23H25F3N4O2S. The molecular weight excluding hydrogens is 453 g/mol. The summed E-state index contributed by atoms with van der Waals surface area (Å²) in [6.45, 7) is 6.99. The number of halogens is 3. The van der Waals surface area contributed by atoms with Crippen LogP contribution in [0.25, 0.3) is 0 Å². The van der Waals surface area contributed by atoms with Crippen LogP contribution in [0.2, 0.25) is 0 Å². The molecule has 1 heterocycles. The summed E-state index contributed by atoms with van der Waals surface area (Å²) in [4.78, 5) is 12.2. The third-order valence-electron chi connectivity index (χ3n) is 4.68. The minimum Gasteiger partial charge on any atom is -0.486 e. The van der Waals surface area contributed by atoms with Crippen molar-refractivity contribution in [2.75, 3.05) is 11.1 Å². The van der Waals surface area contributed by atoms with Gasteiger partial charge in [-0.3, -0.25) is 4.79 Å². The van der Waals surface area contributed by atoms with E-state index >= 15 is 0 Å². The van der Waals surface area contributed by atoms with Gasteiger partial charge >= 0.3 is 0 Å². The van der Waals surface area contributed by atoms with Crippen molar-refractivity contribution in [3.05, 3.63) is 65.2 Å². The zero-order valence-corrected chi connectivity index (χ0v) is 19.4. The third-order valence-corrected chi connectivity index (χ3v) is 5.65. The summed E-state index contributed by atoms with van der Waals surface area (Å²) in [5.74, 6) is -3.49. The fraction of sp³-hybridized carbons (Fsp3) is 0.348. The molecule has 3 aromatic rings. The summed E-state index contributed by atoms with van der Waals surface area (Å²) in [6, 6.07) is 9.54. The Kier molecular flexibility index (Phi) is 8.37. The van der Waals surface area contributed by atoms with Crippen LogP contribution in [0.15, 0.2) is 41.6 Å². The van der Waals surface area contributed by atoms with E-state index < -0.39 is 29.0 Å². The predicted molar refractivity (Wildman–Crippen MR) is 121 cm³/mol. The number of carbonyl (C=O) groups is 1. The fourth-order valence-corrected chi connectivity index (χ4v) is 3.76. The zero-order valence-electron chi connectivity index (χ0n) is 18.6. The van der Waals surface area contributed by atoms with Gasteiger partial charge in [-0.15, -0.1) is 10.2 Å². The number of benzene rings is 2. The number of aryl methyl sites for hydroxylation is 1. The van der Waals surface area contributed by atoms with Gasteiger partial charge in [0.25, 0.3) is 0 Å². The van der Waals surface area contributed by atoms with E-state index in [2.05, 4.69) is 22.4 Å². The van der Waals surface area contributed by atoms with Gasteiger partial charge in [-0.25, -0.2) is 13.2 Å². The Morgan fingerprint density at radius 1 is 1.09 bits per heavy atom. The average molecular weight is 479 g/mol. The number of carbonyl (C=O) groups excluding carboxylic acids is 1. The Labute approximate surface area is 194 Å². The van der Waals surface area contributed by atoms with Gasteiger partial charge in [-0.2, -0.15) is 0 Å². The minimum atomic E-state index is -1.63. The molecule has 1 N–H and O–H groups in total. The van der Waals surface area contributed by atoms with Crippen LogP contribution >= 0.6 is 11.8 Å². The summed E-state index contributed by atoms with van der Waals surface area (Å²) >= 11 is 1.11. The Balaban J connectivity index is 1.65. The molecule has 2 aromatic carbocycles. The first-order valence-electron chi connectivity index (χ1n) is 10.5. The van der Waals surface area contributed by atoms with Gasteiger partial charge in [0.05, 0.1) is 11.4 Å². The van der Waals surface area contributed by atoms with E-state index in [9.17, 15) is 18.0 Å². The third kappa shape index (κ3) is 6.50. The number of ether oxygens (including phenoxy) is 1. The van der Waals surface area contributed by atoms with Crippen LogP contribution in [0.4, 0.5) is 18.9 Å². The van der Waals surface area contributed by atoms with Gasteiger partial charge < -0.3 is 14.6 Å². The van der Waals surface area contributed by atoms with Crippen molar-refractivity contribution in [3.8, 4) is 5.75 Å². The lowest BCUT2D eigenvalue weighted by molar-refractivity contribution is -0.113. The summed E-state index contributed by atoms with van der Waals surface area (Å²) in [5, 5.41) is 11.1. The van der Waals surface area contributed by atoms with Crippen molar-refractivity contribution in [1.29, 1.82) is 0 Å². The molecule has 1 aromatic heterocycles. The van der Waals surface area contributed by atoms with Crippen LogP contribution in [-0.4, -0.2) is 26.4 Å². The SMILES string of the molecule is CCc1ccc(OCc2nnc(SCC(=O)Nc3ccc(F)c(F)c3F)n2CC(C)C)cc1. The van der Waals surface area contributed by atoms with E-state index in [1.165, 1.54) is 5.56 Å². The maximum absolute atomic E-state index is 13.8. The number of nitrogens with zero attached hydrogens (tertiary/aromatic N) is 3. The van der Waals surface area contributed by atoms with E-state index in [1.54, 1.807) is 0 Å². The highest BCUT2D eigenvalue weighted by molar-refractivity contribution is 7.99. The van der Waals surface area contributed by atoms with Crippen LogP contribution in [0, 0.1) is 23.4 Å². The molecule has 0 saturated heterocycles. The first-order chi connectivity index (χ1) is 15.8. The molecule has 0 aliphatic carbocycles. The quantitative estimate of drug-likeness (QED) is 0.320. The molecule has 0 aliphatic rings. The molecule has 0 spiro atoms. The van der Waals surface area contributed by atoms with Crippen LogP contribution in [-0.2, 0) is 24.4 Å². The van der Waals surface area contributed by atoms with Crippen LogP contribution in [0.3, 0.4) is 0 Å². The standard InChI is InChI=1S/C23H25F3N4O2S/c1-4-15-5-7-16(8-6-15)32-12-19-28-29-23(30(19)11-14(2)3)33-13-20(31)27-18-10-9-17(24)21(25)22(18)26/h5-10,14H,4,11-13H2,1-3H3,(H,27,31). The Hall–Kier alpha value is -3.01. The van der Waals surface area contributed by atoms with Crippen molar-refractivity contribution in [3.63, 3.8) is 0 Å². The summed E-state index contributed by atoms with van der Waals surface area (Å²) in [5.41, 5.74) is 0.789. The maximum Gasteiger partial charge on any atom is 0.234 e. The highest BCUT2D eigenvalue weighted by Gasteiger charge is 2.18. The molecule has 0 bridgehead atoms. The highest BCUT2D eigenvalue weighted by Crippen LogP contribution is 2.23. The lowest BCUT2D eigenvalue weighted by Gasteiger charge is -2.13. The average Bonchev–Trinajstić information content (AvgIpc) is 3.17. The van der Waals surface area contributed by atoms with Crippen LogP contribution in [0.1, 0.15) is 32.2 Å². The van der Waals surface area contributed by atoms with Crippen LogP contribution in [0.5, 0.6) is 5.75 Å². The number of amides is 1. The molecule has 0 aliphatic heterocycles. The van der Waals surface area contributed by atoms with Crippen molar-refractivity contribution >= 4 is 23.4 Å². The van der Waals surface area contributed by atoms with Crippen molar-refractivity contribution in [2.24, 2.45) is 5.92 Å². The largest absolute Gasteiger partial charge is 0.486 e. The second-order valence-electron chi connectivity index (χ2n) is 7.75. The summed E-state index contributed by atoms with van der Waals surface area (Å²) in [6.07, 6.45) is 0.944. The van der Waals surface area contributed by atoms with Crippen LogP contribution < -0.4 is 10.1 Å². The molecule has 0 atom stereocenters. The molecule has 10 heteroatoms. The molecule has 0 fully saturated rings. The van der Waals surface area contributed by atoms with E-state index in [1.807, 2.05) is 42.7 Å². The monoisotopic (exact) mass is 478 g/mol. The number of aromatic nitrogens is 3. The molecule has 0 radical (unpaired) electrons. The van der Waals surface area contributed by atoms with Gasteiger partial charge in [-0.1, -0.05) is 44.7 Å². The number of nitrogens with one attached hydrogen (secondary N) is 1.